The quantitative estimate of drug-likeness (QED) is 0.176. The van der Waals surface area contributed by atoms with Crippen molar-refractivity contribution in [3.63, 3.8) is 0 Å². The number of hydrogen-bond acceptors (Lipinski definition) is 4. The van der Waals surface area contributed by atoms with E-state index in [9.17, 15) is 0 Å². The highest BCUT2D eigenvalue weighted by Crippen LogP contribution is 2.39. The van der Waals surface area contributed by atoms with Gasteiger partial charge in [-0.05, 0) is 69.1 Å². The molecule has 248 valence electrons. The Kier molecular flexibility index (Phi) is 7.40. The molecule has 0 spiro atoms. The largest absolute Gasteiger partial charge is 0.292 e. The van der Waals surface area contributed by atoms with Gasteiger partial charge in [0.05, 0.1) is 11.0 Å². The lowest BCUT2D eigenvalue weighted by Gasteiger charge is -2.15. The van der Waals surface area contributed by atoms with E-state index in [0.717, 1.165) is 77.5 Å². The van der Waals surface area contributed by atoms with Gasteiger partial charge in [0.1, 0.15) is 5.82 Å². The van der Waals surface area contributed by atoms with Crippen LogP contribution in [0.3, 0.4) is 0 Å². The van der Waals surface area contributed by atoms with Crippen LogP contribution in [0.1, 0.15) is 0 Å². The van der Waals surface area contributed by atoms with E-state index in [0.29, 0.717) is 17.5 Å². The second-order valence-corrected chi connectivity index (χ2v) is 13.1. The number of para-hydroxylation sites is 3. The molecule has 0 amide bonds. The SMILES string of the molecule is c1ccc(-c2nc(-c3ccccc3)nc(-c3c(-c4ccc5cc(-c6nc7ccccc7n6-c6ccccc6)ccc5c4)ccc4ccccc34)n2)cc1. The van der Waals surface area contributed by atoms with E-state index in [1.54, 1.807) is 0 Å². The molecule has 0 aliphatic heterocycles. The van der Waals surface area contributed by atoms with Gasteiger partial charge >= 0.3 is 0 Å². The summed E-state index contributed by atoms with van der Waals surface area (Å²) in [6.07, 6.45) is 0. The van der Waals surface area contributed by atoms with Gasteiger partial charge in [0.25, 0.3) is 0 Å². The normalized spacial score (nSPS) is 11.4. The molecule has 0 N–H and O–H groups in total. The van der Waals surface area contributed by atoms with Crippen molar-refractivity contribution >= 4 is 32.6 Å². The Morgan fingerprint density at radius 2 is 0.906 bits per heavy atom. The number of imidazole rings is 1. The van der Waals surface area contributed by atoms with Crippen LogP contribution in [0.2, 0.25) is 0 Å². The van der Waals surface area contributed by atoms with Crippen molar-refractivity contribution in [2.45, 2.75) is 0 Å². The van der Waals surface area contributed by atoms with Gasteiger partial charge in [-0.2, -0.15) is 0 Å². The molecule has 53 heavy (non-hydrogen) atoms. The molecule has 0 bridgehead atoms. The monoisotopic (exact) mass is 677 g/mol. The van der Waals surface area contributed by atoms with Crippen molar-refractivity contribution < 1.29 is 0 Å². The smallest absolute Gasteiger partial charge is 0.165 e. The zero-order chi connectivity index (χ0) is 35.1. The molecule has 10 aromatic rings. The first-order valence-electron chi connectivity index (χ1n) is 17.7. The predicted octanol–water partition coefficient (Wildman–Crippen LogP) is 11.9. The van der Waals surface area contributed by atoms with E-state index in [-0.39, 0.29) is 0 Å². The van der Waals surface area contributed by atoms with Gasteiger partial charge in [-0.1, -0.05) is 152 Å². The van der Waals surface area contributed by atoms with Crippen molar-refractivity contribution in [3.8, 4) is 62.4 Å². The number of hydrogen-bond donors (Lipinski definition) is 0. The number of rotatable bonds is 6. The molecule has 10 rings (SSSR count). The maximum Gasteiger partial charge on any atom is 0.165 e. The van der Waals surface area contributed by atoms with Gasteiger partial charge in [0, 0.05) is 27.9 Å². The van der Waals surface area contributed by atoms with E-state index >= 15 is 0 Å². The molecule has 0 unspecified atom stereocenters. The number of benzene rings is 8. The van der Waals surface area contributed by atoms with Crippen LogP contribution in [0.5, 0.6) is 0 Å². The van der Waals surface area contributed by atoms with Crippen LogP contribution in [0.4, 0.5) is 0 Å². The van der Waals surface area contributed by atoms with Crippen LogP contribution in [-0.2, 0) is 0 Å². The van der Waals surface area contributed by atoms with Gasteiger partial charge < -0.3 is 0 Å². The molecule has 0 fully saturated rings. The maximum atomic E-state index is 5.16. The summed E-state index contributed by atoms with van der Waals surface area (Å²) in [6, 6.07) is 65.2. The summed E-state index contributed by atoms with van der Waals surface area (Å²) < 4.78 is 2.24. The Morgan fingerprint density at radius 1 is 0.358 bits per heavy atom. The van der Waals surface area contributed by atoms with E-state index < -0.39 is 0 Å². The molecule has 8 aromatic carbocycles. The lowest BCUT2D eigenvalue weighted by molar-refractivity contribution is 1.08. The molecule has 0 saturated carbocycles. The Bertz CT molecular complexity index is 2880. The molecule has 2 heterocycles. The highest BCUT2D eigenvalue weighted by molar-refractivity contribution is 6.04. The summed E-state index contributed by atoms with van der Waals surface area (Å²) in [5.74, 6) is 2.83. The second-order valence-electron chi connectivity index (χ2n) is 13.1. The summed E-state index contributed by atoms with van der Waals surface area (Å²) >= 11 is 0. The van der Waals surface area contributed by atoms with E-state index in [1.165, 1.54) is 0 Å². The predicted molar refractivity (Wildman–Crippen MR) is 217 cm³/mol. The van der Waals surface area contributed by atoms with E-state index in [4.69, 9.17) is 19.9 Å². The van der Waals surface area contributed by atoms with Crippen LogP contribution in [-0.4, -0.2) is 24.5 Å². The zero-order valence-corrected chi connectivity index (χ0v) is 28.6. The standard InChI is InChI=1S/C48H31N5/c1-4-15-33(16-5-1)45-50-46(34-17-6-2-7-18-34)52-47(51-45)44-40-21-11-10-14-32(40)28-29-41(44)37-26-24-36-31-38(27-25-35(36)30-37)48-49-42-22-12-13-23-43(42)53(48)39-19-8-3-9-20-39/h1-31H. The molecule has 0 radical (unpaired) electrons. The maximum absolute atomic E-state index is 5.16. The van der Waals surface area contributed by atoms with E-state index in [1.807, 2.05) is 72.8 Å². The summed E-state index contributed by atoms with van der Waals surface area (Å²) in [6.45, 7) is 0. The van der Waals surface area contributed by atoms with Crippen molar-refractivity contribution in [1.82, 2.24) is 24.5 Å². The fourth-order valence-corrected chi connectivity index (χ4v) is 7.28. The molecular formula is C48H31N5. The lowest BCUT2D eigenvalue weighted by Crippen LogP contribution is -2.01. The van der Waals surface area contributed by atoms with Crippen LogP contribution in [0.25, 0.3) is 94.9 Å². The lowest BCUT2D eigenvalue weighted by atomic mass is 9.92. The van der Waals surface area contributed by atoms with Crippen molar-refractivity contribution in [2.24, 2.45) is 0 Å². The summed E-state index contributed by atoms with van der Waals surface area (Å²) in [5.41, 5.74) is 9.20. The zero-order valence-electron chi connectivity index (χ0n) is 28.6. The van der Waals surface area contributed by atoms with E-state index in [2.05, 4.69) is 120 Å². The average Bonchev–Trinajstić information content (AvgIpc) is 3.63. The summed E-state index contributed by atoms with van der Waals surface area (Å²) in [4.78, 5) is 20.4. The average molecular weight is 678 g/mol. The van der Waals surface area contributed by atoms with Gasteiger partial charge in [-0.15, -0.1) is 0 Å². The number of aromatic nitrogens is 5. The van der Waals surface area contributed by atoms with Crippen molar-refractivity contribution in [1.29, 1.82) is 0 Å². The Labute approximate surface area is 306 Å². The summed E-state index contributed by atoms with van der Waals surface area (Å²) in [5, 5.41) is 4.49. The Morgan fingerprint density at radius 3 is 1.62 bits per heavy atom. The molecule has 5 nitrogen and oxygen atoms in total. The van der Waals surface area contributed by atoms with Crippen molar-refractivity contribution in [3.05, 3.63) is 188 Å². The van der Waals surface area contributed by atoms with Crippen LogP contribution in [0.15, 0.2) is 188 Å². The first-order valence-corrected chi connectivity index (χ1v) is 17.7. The molecule has 0 aliphatic carbocycles. The highest BCUT2D eigenvalue weighted by atomic mass is 15.1. The Hall–Kier alpha value is -7.24. The first-order chi connectivity index (χ1) is 26.3. The fourth-order valence-electron chi connectivity index (χ4n) is 7.28. The third kappa shape index (κ3) is 5.52. The van der Waals surface area contributed by atoms with Crippen LogP contribution >= 0.6 is 0 Å². The second kappa shape index (κ2) is 12.8. The third-order valence-corrected chi connectivity index (χ3v) is 9.84. The van der Waals surface area contributed by atoms with Gasteiger partial charge in [-0.25, -0.2) is 19.9 Å². The Balaban J connectivity index is 1.14. The minimum absolute atomic E-state index is 0.639. The molecule has 2 aromatic heterocycles. The molecular weight excluding hydrogens is 647 g/mol. The number of fused-ring (bicyclic) bond motifs is 3. The minimum Gasteiger partial charge on any atom is -0.292 e. The van der Waals surface area contributed by atoms with Crippen LogP contribution in [0, 0.1) is 0 Å². The van der Waals surface area contributed by atoms with Gasteiger partial charge in [0.2, 0.25) is 0 Å². The molecule has 0 atom stereocenters. The minimum atomic E-state index is 0.639. The fraction of sp³-hybridized carbons (Fsp3) is 0. The highest BCUT2D eigenvalue weighted by Gasteiger charge is 2.19. The van der Waals surface area contributed by atoms with Gasteiger partial charge in [0.15, 0.2) is 17.5 Å². The third-order valence-electron chi connectivity index (χ3n) is 9.84. The molecule has 0 saturated heterocycles. The molecule has 0 aliphatic rings. The van der Waals surface area contributed by atoms with Crippen LogP contribution < -0.4 is 0 Å². The first kappa shape index (κ1) is 30.6. The van der Waals surface area contributed by atoms with Gasteiger partial charge in [-0.3, -0.25) is 4.57 Å². The summed E-state index contributed by atoms with van der Waals surface area (Å²) in [7, 11) is 0. The number of nitrogens with zero attached hydrogens (tertiary/aromatic N) is 5. The topological polar surface area (TPSA) is 56.5 Å². The molecule has 5 heteroatoms. The van der Waals surface area contributed by atoms with Crippen molar-refractivity contribution in [2.75, 3.05) is 0 Å².